The molecule has 11 nitrogen and oxygen atoms in total. The molecule has 0 spiro atoms. The van der Waals surface area contributed by atoms with Crippen LogP contribution in [0.15, 0.2) is 4.99 Å². The van der Waals surface area contributed by atoms with Gasteiger partial charge in [0.1, 0.15) is 5.84 Å². The van der Waals surface area contributed by atoms with E-state index in [1.165, 1.54) is 4.90 Å². The Morgan fingerprint density at radius 3 is 2.68 bits per heavy atom. The first-order chi connectivity index (χ1) is 11.3. The first-order valence-electron chi connectivity index (χ1n) is 7.60. The maximum Gasteiger partial charge on any atom is 1.00 e. The topological polar surface area (TPSA) is 157 Å². The van der Waals surface area contributed by atoms with E-state index in [1.54, 1.807) is 0 Å². The van der Waals surface area contributed by atoms with Crippen molar-refractivity contribution in [2.75, 3.05) is 19.6 Å². The van der Waals surface area contributed by atoms with E-state index in [2.05, 4.69) is 14.6 Å². The van der Waals surface area contributed by atoms with Crippen molar-refractivity contribution < 1.29 is 56.4 Å². The summed E-state index contributed by atoms with van der Waals surface area (Å²) in [4.78, 5) is 29.5. The van der Waals surface area contributed by atoms with Crippen LogP contribution in [0.3, 0.4) is 0 Å². The fraction of sp³-hybridized carbons (Fsp3) is 0.750. The van der Waals surface area contributed by atoms with Gasteiger partial charge in [-0.25, -0.2) is 13.2 Å². The first kappa shape index (κ1) is 20.6. The Bertz CT molecular complexity index is 679. The van der Waals surface area contributed by atoms with Gasteiger partial charge in [-0.15, -0.1) is 0 Å². The van der Waals surface area contributed by atoms with Crippen molar-refractivity contribution in [2.45, 2.75) is 31.3 Å². The molecule has 2 bridgehead atoms. The third kappa shape index (κ3) is 4.51. The van der Waals surface area contributed by atoms with Crippen LogP contribution in [0.2, 0.25) is 0 Å². The van der Waals surface area contributed by atoms with Crippen molar-refractivity contribution in [2.24, 2.45) is 16.6 Å². The molecule has 0 aromatic carbocycles. The van der Waals surface area contributed by atoms with Crippen LogP contribution in [0.5, 0.6) is 0 Å². The number of nitrogens with two attached hydrogens (primary N) is 1. The summed E-state index contributed by atoms with van der Waals surface area (Å²) in [6, 6.07) is -1.93. The van der Waals surface area contributed by atoms with Crippen LogP contribution in [0.1, 0.15) is 19.3 Å². The van der Waals surface area contributed by atoms with Crippen LogP contribution >= 0.6 is 0 Å². The zero-order valence-corrected chi connectivity index (χ0v) is 16.6. The maximum atomic E-state index is 12.2. The molecule has 3 heterocycles. The number of amides is 3. The molecular formula is C12H18N5NaO6S. The van der Waals surface area contributed by atoms with Gasteiger partial charge >= 0.3 is 35.6 Å². The van der Waals surface area contributed by atoms with Crippen LogP contribution in [0, 0.1) is 5.92 Å². The minimum Gasteiger partial charge on any atom is -0.724 e. The van der Waals surface area contributed by atoms with E-state index >= 15 is 0 Å². The van der Waals surface area contributed by atoms with Gasteiger partial charge in [-0.1, -0.05) is 0 Å². The van der Waals surface area contributed by atoms with Crippen molar-refractivity contribution in [3.63, 3.8) is 0 Å². The average Bonchev–Trinajstić information content (AvgIpc) is 3.11. The number of piperidine rings is 1. The van der Waals surface area contributed by atoms with E-state index in [0.717, 1.165) is 6.54 Å². The third-order valence-corrected chi connectivity index (χ3v) is 4.83. The molecule has 0 aromatic heterocycles. The zero-order valence-electron chi connectivity index (χ0n) is 13.8. The van der Waals surface area contributed by atoms with Gasteiger partial charge in [-0.2, -0.15) is 14.3 Å². The first-order valence-corrected chi connectivity index (χ1v) is 8.93. The molecule has 134 valence electrons. The second-order valence-electron chi connectivity index (χ2n) is 6.06. The van der Waals surface area contributed by atoms with E-state index in [0.29, 0.717) is 30.9 Å². The molecule has 0 radical (unpaired) electrons. The molecular weight excluding hydrogens is 365 g/mol. The summed E-state index contributed by atoms with van der Waals surface area (Å²) in [7, 11) is -5.04. The normalized spacial score (nSPS) is 29.7. The Balaban J connectivity index is 0.00000225. The number of amidine groups is 1. The van der Waals surface area contributed by atoms with Gasteiger partial charge in [0, 0.05) is 13.1 Å². The van der Waals surface area contributed by atoms with E-state index < -0.39 is 28.5 Å². The average molecular weight is 383 g/mol. The molecule has 3 aliphatic rings. The minimum atomic E-state index is -5.04. The van der Waals surface area contributed by atoms with Gasteiger partial charge < -0.3 is 20.5 Å². The number of hydroxylamine groups is 2. The summed E-state index contributed by atoms with van der Waals surface area (Å²) in [5.41, 5.74) is 5.91. The molecule has 25 heavy (non-hydrogen) atoms. The van der Waals surface area contributed by atoms with Gasteiger partial charge in [0.05, 0.1) is 18.0 Å². The second kappa shape index (κ2) is 7.86. The molecule has 0 saturated carbocycles. The largest absolute Gasteiger partial charge is 1.00 e. The van der Waals surface area contributed by atoms with Gasteiger partial charge in [-0.05, 0) is 25.8 Å². The van der Waals surface area contributed by atoms with Crippen LogP contribution in [-0.4, -0.2) is 72.4 Å². The molecule has 3 atom stereocenters. The number of urea groups is 1. The van der Waals surface area contributed by atoms with Crippen molar-refractivity contribution >= 4 is 28.2 Å². The summed E-state index contributed by atoms with van der Waals surface area (Å²) < 4.78 is 36.4. The van der Waals surface area contributed by atoms with Crippen molar-refractivity contribution in [1.82, 2.24) is 15.3 Å². The van der Waals surface area contributed by atoms with E-state index in [9.17, 15) is 22.6 Å². The van der Waals surface area contributed by atoms with Crippen LogP contribution < -0.4 is 40.6 Å². The van der Waals surface area contributed by atoms with Crippen LogP contribution in [-0.2, 0) is 19.5 Å². The molecule has 3 aliphatic heterocycles. The maximum absolute atomic E-state index is 12.2. The number of carbonyl (C=O) groups excluding carboxylic acids is 2. The summed E-state index contributed by atoms with van der Waals surface area (Å²) in [6.07, 6.45) is 1.48. The van der Waals surface area contributed by atoms with Gasteiger partial charge in [-0.3, -0.25) is 4.79 Å². The molecule has 13 heteroatoms. The predicted molar refractivity (Wildman–Crippen MR) is 79.1 cm³/mol. The fourth-order valence-electron chi connectivity index (χ4n) is 3.29. The molecule has 0 unspecified atom stereocenters. The smallest absolute Gasteiger partial charge is 0.724 e. The number of hydrogen-bond acceptors (Lipinski definition) is 7. The number of nitrogens with one attached hydrogen (secondary N) is 1. The number of carbonyl (C=O) groups is 2. The van der Waals surface area contributed by atoms with Gasteiger partial charge in [0.25, 0.3) is 5.91 Å². The van der Waals surface area contributed by atoms with Crippen molar-refractivity contribution in [3.8, 4) is 0 Å². The summed E-state index contributed by atoms with van der Waals surface area (Å²) >= 11 is 0. The van der Waals surface area contributed by atoms with Gasteiger partial charge in [0.15, 0.2) is 0 Å². The molecule has 3 saturated heterocycles. The standard InChI is InChI=1S/C12H19N5O6S.Na/c13-10(15-11(18)7-3-4-14-5-7)9-2-1-8-6-16(9)12(19)17(8)23-24(20,21)22;/h7-9,14H,1-6H2,(H2,13,15,18)(H,20,21,22);/q;+1/p-1/t7-,8-,9+;/m1./s1. The second-order valence-corrected chi connectivity index (χ2v) is 7.02. The van der Waals surface area contributed by atoms with Crippen LogP contribution in [0.4, 0.5) is 4.79 Å². The summed E-state index contributed by atoms with van der Waals surface area (Å²) in [6.45, 7) is 1.46. The van der Waals surface area contributed by atoms with E-state index in [4.69, 9.17) is 5.73 Å². The third-order valence-electron chi connectivity index (χ3n) is 4.48. The molecule has 3 rings (SSSR count). The number of fused-ring (bicyclic) bond motifs is 2. The monoisotopic (exact) mass is 383 g/mol. The molecule has 3 fully saturated rings. The zero-order chi connectivity index (χ0) is 17.5. The Labute approximate surface area is 167 Å². The van der Waals surface area contributed by atoms with E-state index in [1.807, 2.05) is 0 Å². The minimum absolute atomic E-state index is 0. The quantitative estimate of drug-likeness (QED) is 0.161. The van der Waals surface area contributed by atoms with Gasteiger partial charge in [0.2, 0.25) is 10.4 Å². The predicted octanol–water partition coefficient (Wildman–Crippen LogP) is -4.86. The number of hydrogen-bond donors (Lipinski definition) is 2. The molecule has 0 aliphatic carbocycles. The Morgan fingerprint density at radius 2 is 2.08 bits per heavy atom. The number of aliphatic imine (C=N–C) groups is 1. The Hall–Kier alpha value is -0.760. The Kier molecular flexibility index (Phi) is 6.46. The van der Waals surface area contributed by atoms with Crippen molar-refractivity contribution in [1.29, 1.82) is 0 Å². The van der Waals surface area contributed by atoms with E-state index in [-0.39, 0.29) is 53.8 Å². The fourth-order valence-corrected chi connectivity index (χ4v) is 3.68. The summed E-state index contributed by atoms with van der Waals surface area (Å²) in [5.74, 6) is -0.536. The van der Waals surface area contributed by atoms with Crippen LogP contribution in [0.25, 0.3) is 0 Å². The molecule has 0 aromatic rings. The Morgan fingerprint density at radius 1 is 1.36 bits per heavy atom. The summed E-state index contributed by atoms with van der Waals surface area (Å²) in [5, 5.41) is 3.63. The molecule has 3 N–H and O–H groups in total. The van der Waals surface area contributed by atoms with Crippen molar-refractivity contribution in [3.05, 3.63) is 0 Å². The molecule has 3 amide bonds. The number of nitrogens with zero attached hydrogens (tertiary/aromatic N) is 3. The SMILES string of the molecule is NC(=NC(=O)[C@@H]1CCNC1)[C@@H]1CC[C@@H]2CN1C(=O)N2OS(=O)(=O)[O-].[Na+]. The number of rotatable bonds is 4.